The highest BCUT2D eigenvalue weighted by Crippen LogP contribution is 1.97. The van der Waals surface area contributed by atoms with Gasteiger partial charge in [-0.15, -0.1) is 0 Å². The minimum absolute atomic E-state index is 0.0935. The lowest BCUT2D eigenvalue weighted by atomic mass is 10.1. The Morgan fingerprint density at radius 3 is 2.75 bits per heavy atom. The summed E-state index contributed by atoms with van der Waals surface area (Å²) in [5.74, 6) is 0. The number of aliphatic hydroxyl groups excluding tert-OH is 1. The van der Waals surface area contributed by atoms with Crippen LogP contribution in [0.3, 0.4) is 0 Å². The summed E-state index contributed by atoms with van der Waals surface area (Å²) in [7, 11) is 1.71. The van der Waals surface area contributed by atoms with Crippen LogP contribution >= 0.6 is 0 Å². The van der Waals surface area contributed by atoms with Gasteiger partial charge in [0.05, 0.1) is 19.8 Å². The van der Waals surface area contributed by atoms with Gasteiger partial charge >= 0.3 is 0 Å². The molecular weight excluding hydrogens is 208 g/mol. The molecule has 0 bridgehead atoms. The van der Waals surface area contributed by atoms with Gasteiger partial charge in [0.2, 0.25) is 0 Å². The molecule has 0 saturated heterocycles. The molecule has 0 aliphatic rings. The predicted octanol–water partition coefficient (Wildman–Crippen LogP) is -0.271. The highest BCUT2D eigenvalue weighted by Gasteiger charge is 2.06. The van der Waals surface area contributed by atoms with Crippen LogP contribution < -0.4 is 11.1 Å². The Bertz CT molecular complexity index is 136. The van der Waals surface area contributed by atoms with Crippen LogP contribution in [0.2, 0.25) is 0 Å². The predicted molar refractivity (Wildman–Crippen MR) is 64.5 cm³/mol. The maximum absolute atomic E-state index is 8.51. The molecule has 1 atom stereocenters. The topological polar surface area (TPSA) is 76.7 Å². The Balaban J connectivity index is 3.36. The summed E-state index contributed by atoms with van der Waals surface area (Å²) >= 11 is 0. The van der Waals surface area contributed by atoms with Crippen molar-refractivity contribution in [3.8, 4) is 0 Å². The van der Waals surface area contributed by atoms with Gasteiger partial charge in [-0.1, -0.05) is 0 Å². The van der Waals surface area contributed by atoms with Gasteiger partial charge in [-0.25, -0.2) is 0 Å². The number of methoxy groups -OCH3 is 1. The molecule has 0 heterocycles. The maximum Gasteiger partial charge on any atom is 0.0697 e. The van der Waals surface area contributed by atoms with Crippen molar-refractivity contribution in [1.29, 1.82) is 0 Å². The summed E-state index contributed by atoms with van der Waals surface area (Å²) in [6, 6.07) is 0.381. The minimum atomic E-state index is 0.0935. The summed E-state index contributed by atoms with van der Waals surface area (Å²) in [4.78, 5) is 0. The zero-order valence-electron chi connectivity index (χ0n) is 10.3. The van der Waals surface area contributed by atoms with E-state index in [1.807, 2.05) is 0 Å². The van der Waals surface area contributed by atoms with Crippen LogP contribution in [0.5, 0.6) is 0 Å². The van der Waals surface area contributed by atoms with Crippen LogP contribution in [0.15, 0.2) is 0 Å². The summed E-state index contributed by atoms with van der Waals surface area (Å²) in [5.41, 5.74) is 5.47. The number of hydrogen-bond donors (Lipinski definition) is 3. The summed E-state index contributed by atoms with van der Waals surface area (Å²) < 4.78 is 10.3. The van der Waals surface area contributed by atoms with E-state index < -0.39 is 0 Å². The molecule has 0 rings (SSSR count). The lowest BCUT2D eigenvalue weighted by Crippen LogP contribution is -2.34. The fourth-order valence-corrected chi connectivity index (χ4v) is 1.46. The Labute approximate surface area is 98.3 Å². The van der Waals surface area contributed by atoms with Gasteiger partial charge in [-0.05, 0) is 32.4 Å². The van der Waals surface area contributed by atoms with Crippen molar-refractivity contribution in [2.75, 3.05) is 46.6 Å². The van der Waals surface area contributed by atoms with E-state index in [1.54, 1.807) is 7.11 Å². The highest BCUT2D eigenvalue weighted by atomic mass is 16.5. The Morgan fingerprint density at radius 2 is 2.12 bits per heavy atom. The van der Waals surface area contributed by atoms with E-state index >= 15 is 0 Å². The van der Waals surface area contributed by atoms with Crippen LogP contribution in [0.25, 0.3) is 0 Å². The van der Waals surface area contributed by atoms with Crippen molar-refractivity contribution in [3.05, 3.63) is 0 Å². The van der Waals surface area contributed by atoms with E-state index in [0.29, 0.717) is 19.3 Å². The molecule has 0 aromatic rings. The number of hydrogen-bond acceptors (Lipinski definition) is 5. The maximum atomic E-state index is 8.51. The van der Waals surface area contributed by atoms with Crippen molar-refractivity contribution < 1.29 is 14.6 Å². The van der Waals surface area contributed by atoms with Crippen molar-refractivity contribution in [2.45, 2.75) is 25.3 Å². The van der Waals surface area contributed by atoms with Gasteiger partial charge in [0, 0.05) is 19.8 Å². The van der Waals surface area contributed by atoms with Gasteiger partial charge in [-0.2, -0.15) is 0 Å². The summed E-state index contributed by atoms with van der Waals surface area (Å²) in [5, 5.41) is 11.9. The molecule has 0 aromatic heterocycles. The molecule has 4 N–H and O–H groups in total. The zero-order valence-corrected chi connectivity index (χ0v) is 10.3. The average Bonchev–Trinajstić information content (AvgIpc) is 2.30. The van der Waals surface area contributed by atoms with E-state index in [4.69, 9.17) is 20.3 Å². The number of nitrogens with one attached hydrogen (secondary N) is 1. The largest absolute Gasteiger partial charge is 0.394 e. The lowest BCUT2D eigenvalue weighted by Gasteiger charge is -2.17. The van der Waals surface area contributed by atoms with Crippen LogP contribution in [0, 0.1) is 0 Å². The van der Waals surface area contributed by atoms with Gasteiger partial charge in [0.1, 0.15) is 0 Å². The molecule has 0 saturated carbocycles. The van der Waals surface area contributed by atoms with Gasteiger partial charge < -0.3 is 25.6 Å². The fourth-order valence-electron chi connectivity index (χ4n) is 1.46. The molecule has 0 aromatic carbocycles. The molecule has 0 radical (unpaired) electrons. The number of ether oxygens (including phenoxy) is 2. The third kappa shape index (κ3) is 10.3. The fraction of sp³-hybridized carbons (Fsp3) is 1.00. The van der Waals surface area contributed by atoms with Crippen molar-refractivity contribution in [1.82, 2.24) is 5.32 Å². The Kier molecular flexibility index (Phi) is 12.7. The molecule has 5 nitrogen and oxygen atoms in total. The van der Waals surface area contributed by atoms with E-state index in [1.165, 1.54) is 0 Å². The van der Waals surface area contributed by atoms with Crippen LogP contribution in [-0.2, 0) is 9.47 Å². The van der Waals surface area contributed by atoms with Crippen molar-refractivity contribution in [2.24, 2.45) is 5.73 Å². The zero-order chi connectivity index (χ0) is 12.1. The Morgan fingerprint density at radius 1 is 1.31 bits per heavy atom. The molecule has 0 aliphatic carbocycles. The molecule has 98 valence electrons. The monoisotopic (exact) mass is 234 g/mol. The first-order valence-corrected chi connectivity index (χ1v) is 5.96. The third-order valence-corrected chi connectivity index (χ3v) is 2.26. The van der Waals surface area contributed by atoms with E-state index in [0.717, 1.165) is 39.0 Å². The summed E-state index contributed by atoms with van der Waals surface area (Å²) in [6.07, 6.45) is 3.01. The van der Waals surface area contributed by atoms with Crippen molar-refractivity contribution in [3.63, 3.8) is 0 Å². The van der Waals surface area contributed by atoms with E-state index in [9.17, 15) is 0 Å². The molecule has 1 unspecified atom stereocenters. The van der Waals surface area contributed by atoms with E-state index in [2.05, 4.69) is 5.32 Å². The normalized spacial score (nSPS) is 12.9. The molecule has 16 heavy (non-hydrogen) atoms. The molecule has 0 fully saturated rings. The van der Waals surface area contributed by atoms with Crippen LogP contribution in [-0.4, -0.2) is 57.8 Å². The number of nitrogens with two attached hydrogens (primary N) is 1. The summed E-state index contributed by atoms with van der Waals surface area (Å²) in [6.45, 7) is 3.55. The second-order valence-electron chi connectivity index (χ2n) is 3.73. The molecule has 0 spiro atoms. The quantitative estimate of drug-likeness (QED) is 0.405. The SMILES string of the molecule is COCC(CCCN)NCCCOCCO. The van der Waals surface area contributed by atoms with Crippen LogP contribution in [0.1, 0.15) is 19.3 Å². The van der Waals surface area contributed by atoms with Crippen molar-refractivity contribution >= 4 is 0 Å². The standard InChI is InChI=1S/C11H26N2O3/c1-15-10-11(4-2-5-12)13-6-3-8-16-9-7-14/h11,13-14H,2-10,12H2,1H3. The first kappa shape index (κ1) is 15.8. The van der Waals surface area contributed by atoms with Gasteiger partial charge in [0.15, 0.2) is 0 Å². The first-order valence-electron chi connectivity index (χ1n) is 5.96. The second-order valence-corrected chi connectivity index (χ2v) is 3.73. The first-order chi connectivity index (χ1) is 7.85. The van der Waals surface area contributed by atoms with Gasteiger partial charge in [0.25, 0.3) is 0 Å². The van der Waals surface area contributed by atoms with Gasteiger partial charge in [-0.3, -0.25) is 0 Å². The van der Waals surface area contributed by atoms with Crippen LogP contribution in [0.4, 0.5) is 0 Å². The average molecular weight is 234 g/mol. The molecule has 0 amide bonds. The van der Waals surface area contributed by atoms with E-state index in [-0.39, 0.29) is 6.61 Å². The molecule has 0 aliphatic heterocycles. The molecular formula is C11H26N2O3. The third-order valence-electron chi connectivity index (χ3n) is 2.26. The second kappa shape index (κ2) is 12.9. The lowest BCUT2D eigenvalue weighted by molar-refractivity contribution is 0.0892. The minimum Gasteiger partial charge on any atom is -0.394 e. The highest BCUT2D eigenvalue weighted by molar-refractivity contribution is 4.66. The number of rotatable bonds is 12. The Hall–Kier alpha value is -0.200. The number of aliphatic hydroxyl groups is 1. The smallest absolute Gasteiger partial charge is 0.0697 e. The molecule has 5 heteroatoms.